The Labute approximate surface area is 249 Å². The van der Waals surface area contributed by atoms with Crippen molar-refractivity contribution in [3.8, 4) is 17.2 Å². The van der Waals surface area contributed by atoms with E-state index in [1.165, 1.54) is 4.57 Å². The smallest absolute Gasteiger partial charge is 0.293 e. The molecule has 1 aromatic heterocycles. The van der Waals surface area contributed by atoms with Crippen LogP contribution in [-0.4, -0.2) is 47.4 Å². The first-order valence-electron chi connectivity index (χ1n) is 14.0. The van der Waals surface area contributed by atoms with E-state index in [-0.39, 0.29) is 50.2 Å². The van der Waals surface area contributed by atoms with E-state index >= 15 is 0 Å². The largest absolute Gasteiger partial charge is 0.483 e. The zero-order valence-electron chi connectivity index (χ0n) is 24.0. The van der Waals surface area contributed by atoms with Gasteiger partial charge in [0.05, 0.1) is 0 Å². The minimum Gasteiger partial charge on any atom is -0.483 e. The standard InChI is InChI=1S/C28H30ClN5O6.C2H6/c1-17-12-32-27(30-9-8-18-2-6-23-24(10-18)40-16-39-23)28(37)34(17)14-25(35)31-13-19-11-20(29)3-7-22(19)38-15-26(36)33-21-4-5-21;1-2/h2-3,6-7,10-12,21H,4-5,8-9,13-16H2,1H3,(H,30,32)(H,31,35)(H,33,36);1-2H3. The number of hydrogen-bond donors (Lipinski definition) is 3. The molecule has 0 bridgehead atoms. The molecule has 12 heteroatoms. The number of rotatable bonds is 12. The first kappa shape index (κ1) is 30.7. The molecule has 1 fully saturated rings. The van der Waals surface area contributed by atoms with Crippen molar-refractivity contribution in [3.63, 3.8) is 0 Å². The number of aryl methyl sites for hydroxylation is 1. The van der Waals surface area contributed by atoms with Gasteiger partial charge in [-0.3, -0.25) is 19.0 Å². The maximum absolute atomic E-state index is 13.1. The molecule has 1 saturated carbocycles. The van der Waals surface area contributed by atoms with Crippen LogP contribution in [0.1, 0.15) is 43.5 Å². The number of hydrogen-bond acceptors (Lipinski definition) is 8. The van der Waals surface area contributed by atoms with Gasteiger partial charge in [0.15, 0.2) is 23.9 Å². The highest BCUT2D eigenvalue weighted by molar-refractivity contribution is 6.30. The maximum Gasteiger partial charge on any atom is 0.293 e. The molecule has 0 saturated heterocycles. The van der Waals surface area contributed by atoms with E-state index in [4.69, 9.17) is 25.8 Å². The van der Waals surface area contributed by atoms with Crippen LogP contribution in [0.5, 0.6) is 17.2 Å². The second-order valence-electron chi connectivity index (χ2n) is 9.66. The van der Waals surface area contributed by atoms with Crippen LogP contribution < -0.4 is 35.7 Å². The van der Waals surface area contributed by atoms with Crippen molar-refractivity contribution < 1.29 is 23.8 Å². The number of anilines is 1. The first-order valence-corrected chi connectivity index (χ1v) is 14.4. The minimum absolute atomic E-state index is 0.110. The molecule has 1 aliphatic carbocycles. The number of aromatic nitrogens is 2. The molecule has 2 heterocycles. The number of carbonyl (C=O) groups excluding carboxylic acids is 2. The fourth-order valence-electron chi connectivity index (χ4n) is 4.17. The molecular weight excluding hydrogens is 562 g/mol. The SMILES string of the molecule is CC.Cc1cnc(NCCc2ccc3c(c2)OCO3)c(=O)n1CC(=O)NCc1cc(Cl)ccc1OCC(=O)NC1CC1. The normalized spacial score (nSPS) is 13.0. The monoisotopic (exact) mass is 597 g/mol. The molecule has 2 aromatic carbocycles. The molecule has 3 aromatic rings. The summed E-state index contributed by atoms with van der Waals surface area (Å²) in [5.41, 5.74) is 1.80. The third-order valence-corrected chi connectivity index (χ3v) is 6.73. The Bertz CT molecular complexity index is 1470. The van der Waals surface area contributed by atoms with Gasteiger partial charge in [-0.25, -0.2) is 4.98 Å². The van der Waals surface area contributed by atoms with E-state index in [0.29, 0.717) is 46.5 Å². The van der Waals surface area contributed by atoms with Gasteiger partial charge < -0.3 is 30.2 Å². The topological polar surface area (TPSA) is 133 Å². The summed E-state index contributed by atoms with van der Waals surface area (Å²) in [5, 5.41) is 9.21. The van der Waals surface area contributed by atoms with Gasteiger partial charge in [0.25, 0.3) is 11.5 Å². The fraction of sp³-hybridized carbons (Fsp3) is 0.400. The first-order chi connectivity index (χ1) is 20.4. The number of ether oxygens (including phenoxy) is 3. The summed E-state index contributed by atoms with van der Waals surface area (Å²) in [6.45, 7) is 6.18. The summed E-state index contributed by atoms with van der Waals surface area (Å²) in [5.74, 6) is 1.46. The van der Waals surface area contributed by atoms with E-state index in [9.17, 15) is 14.4 Å². The molecule has 5 rings (SSSR count). The van der Waals surface area contributed by atoms with Crippen LogP contribution in [-0.2, 0) is 29.1 Å². The summed E-state index contributed by atoms with van der Waals surface area (Å²) in [4.78, 5) is 42.1. The van der Waals surface area contributed by atoms with Gasteiger partial charge >= 0.3 is 0 Å². The summed E-state index contributed by atoms with van der Waals surface area (Å²) >= 11 is 6.15. The Morgan fingerprint density at radius 2 is 1.88 bits per heavy atom. The molecule has 3 N–H and O–H groups in total. The van der Waals surface area contributed by atoms with Gasteiger partial charge in [0.2, 0.25) is 12.7 Å². The lowest BCUT2D eigenvalue weighted by atomic mass is 10.1. The molecule has 0 spiro atoms. The second kappa shape index (κ2) is 14.6. The van der Waals surface area contributed by atoms with Gasteiger partial charge in [-0.2, -0.15) is 0 Å². The van der Waals surface area contributed by atoms with Crippen LogP contribution in [0.25, 0.3) is 0 Å². The van der Waals surface area contributed by atoms with Crippen molar-refractivity contribution >= 4 is 29.2 Å². The summed E-state index contributed by atoms with van der Waals surface area (Å²) in [6, 6.07) is 10.9. The van der Waals surface area contributed by atoms with E-state index in [1.54, 1.807) is 31.3 Å². The molecule has 11 nitrogen and oxygen atoms in total. The number of halogens is 1. The Kier molecular flexibility index (Phi) is 10.7. The van der Waals surface area contributed by atoms with Crippen LogP contribution >= 0.6 is 11.6 Å². The minimum atomic E-state index is -0.394. The van der Waals surface area contributed by atoms with E-state index in [0.717, 1.165) is 18.4 Å². The zero-order chi connectivity index (χ0) is 30.1. The third-order valence-electron chi connectivity index (χ3n) is 6.50. The van der Waals surface area contributed by atoms with Crippen LogP contribution in [0.3, 0.4) is 0 Å². The molecule has 2 aliphatic rings. The van der Waals surface area contributed by atoms with Gasteiger partial charge in [-0.05, 0) is 62.1 Å². The highest BCUT2D eigenvalue weighted by Crippen LogP contribution is 2.32. The lowest BCUT2D eigenvalue weighted by molar-refractivity contribution is -0.123. The van der Waals surface area contributed by atoms with Crippen LogP contribution in [0.15, 0.2) is 47.4 Å². The molecule has 0 unspecified atom stereocenters. The van der Waals surface area contributed by atoms with Crippen LogP contribution in [0.4, 0.5) is 5.82 Å². The predicted molar refractivity (Wildman–Crippen MR) is 159 cm³/mol. The van der Waals surface area contributed by atoms with Crippen molar-refractivity contribution in [2.45, 2.75) is 59.2 Å². The average molecular weight is 598 g/mol. The summed E-state index contributed by atoms with van der Waals surface area (Å²) < 4.78 is 17.8. The number of nitrogens with zero attached hydrogens (tertiary/aromatic N) is 2. The number of benzene rings is 2. The number of fused-ring (bicyclic) bond motifs is 1. The Morgan fingerprint density at radius 1 is 1.10 bits per heavy atom. The van der Waals surface area contributed by atoms with Crippen molar-refractivity contribution in [1.82, 2.24) is 20.2 Å². The molecule has 224 valence electrons. The van der Waals surface area contributed by atoms with Crippen molar-refractivity contribution in [1.29, 1.82) is 0 Å². The quantitative estimate of drug-likeness (QED) is 0.289. The molecule has 2 amide bonds. The zero-order valence-corrected chi connectivity index (χ0v) is 24.8. The van der Waals surface area contributed by atoms with Gasteiger partial charge in [-0.1, -0.05) is 31.5 Å². The van der Waals surface area contributed by atoms with E-state index < -0.39 is 5.56 Å². The lowest BCUT2D eigenvalue weighted by Crippen LogP contribution is -2.35. The Balaban J connectivity index is 0.00000198. The maximum atomic E-state index is 13.1. The third kappa shape index (κ3) is 8.39. The van der Waals surface area contributed by atoms with Gasteiger partial charge in [-0.15, -0.1) is 0 Å². The highest BCUT2D eigenvalue weighted by atomic mass is 35.5. The Hall–Kier alpha value is -4.25. The molecule has 0 radical (unpaired) electrons. The molecule has 1 aliphatic heterocycles. The van der Waals surface area contributed by atoms with Crippen molar-refractivity contribution in [2.24, 2.45) is 0 Å². The second-order valence-corrected chi connectivity index (χ2v) is 10.1. The van der Waals surface area contributed by atoms with E-state index in [2.05, 4.69) is 20.9 Å². The van der Waals surface area contributed by atoms with Crippen LogP contribution in [0, 0.1) is 6.92 Å². The Morgan fingerprint density at radius 3 is 2.67 bits per heavy atom. The summed E-state index contributed by atoms with van der Waals surface area (Å²) in [7, 11) is 0. The number of nitrogens with one attached hydrogen (secondary N) is 3. The molecule has 42 heavy (non-hydrogen) atoms. The van der Waals surface area contributed by atoms with Gasteiger partial charge in [0.1, 0.15) is 12.3 Å². The lowest BCUT2D eigenvalue weighted by Gasteiger charge is -2.14. The van der Waals surface area contributed by atoms with E-state index in [1.807, 2.05) is 32.0 Å². The number of amides is 2. The fourth-order valence-corrected chi connectivity index (χ4v) is 4.37. The number of carbonyl (C=O) groups is 2. The molecule has 0 atom stereocenters. The van der Waals surface area contributed by atoms with Crippen LogP contribution in [0.2, 0.25) is 5.02 Å². The summed E-state index contributed by atoms with van der Waals surface area (Å²) in [6.07, 6.45) is 4.16. The predicted octanol–water partition coefficient (Wildman–Crippen LogP) is 3.59. The highest BCUT2D eigenvalue weighted by Gasteiger charge is 2.23. The van der Waals surface area contributed by atoms with Crippen molar-refractivity contribution in [3.05, 3.63) is 74.8 Å². The average Bonchev–Trinajstić information content (AvgIpc) is 3.68. The van der Waals surface area contributed by atoms with Crippen molar-refractivity contribution in [2.75, 3.05) is 25.3 Å². The molecular formula is C30H36ClN5O6. The van der Waals surface area contributed by atoms with Gasteiger partial charge in [0, 0.05) is 41.6 Å².